The van der Waals surface area contributed by atoms with Gasteiger partial charge in [-0.15, -0.1) is 0 Å². The summed E-state index contributed by atoms with van der Waals surface area (Å²) in [6.45, 7) is -0.850. The van der Waals surface area contributed by atoms with Crippen LogP contribution < -0.4 is 11.2 Å². The summed E-state index contributed by atoms with van der Waals surface area (Å²) < 4.78 is 0. The van der Waals surface area contributed by atoms with Crippen LogP contribution in [0, 0.1) is 0 Å². The summed E-state index contributed by atoms with van der Waals surface area (Å²) in [4.78, 5) is 33.2. The number of nitrogens with one attached hydrogen (secondary N) is 1. The molecule has 4 N–H and O–H groups in total. The molecule has 0 saturated carbocycles. The second-order valence-corrected chi connectivity index (χ2v) is 2.33. The van der Waals surface area contributed by atoms with Gasteiger partial charge in [0.05, 0.1) is 0 Å². The lowest BCUT2D eigenvalue weighted by molar-refractivity contribution is -0.126. The molecule has 8 heteroatoms. The molecule has 8 nitrogen and oxygen atoms in total. The fraction of sp³-hybridized carbons (Fsp3) is 0.400. The Morgan fingerprint density at radius 2 is 2.23 bits per heavy atom. The third-order valence-corrected chi connectivity index (χ3v) is 1.43. The summed E-state index contributed by atoms with van der Waals surface area (Å²) in [5.74, 6) is -0.641. The molecule has 0 atom stereocenters. The number of carbonyl (C=O) groups is 3. The number of amides is 5. The van der Waals surface area contributed by atoms with Crippen molar-refractivity contribution in [2.24, 2.45) is 5.73 Å². The number of urea groups is 2. The number of nitrogens with two attached hydrogens (primary N) is 1. The fourth-order valence-electron chi connectivity index (χ4n) is 0.881. The van der Waals surface area contributed by atoms with Crippen LogP contribution in [-0.4, -0.2) is 46.3 Å². The summed E-state index contributed by atoms with van der Waals surface area (Å²) >= 11 is 0. The van der Waals surface area contributed by atoms with Crippen LogP contribution in [0.4, 0.5) is 9.59 Å². The lowest BCUT2D eigenvalue weighted by Gasteiger charge is -2.13. The number of aliphatic hydroxyl groups excluding tert-OH is 1. The first kappa shape index (κ1) is 9.26. The number of nitrogens with zero attached hydrogens (tertiary/aromatic N) is 2. The Morgan fingerprint density at radius 3 is 2.62 bits per heavy atom. The number of hydrogen-bond donors (Lipinski definition) is 3. The molecule has 0 aromatic carbocycles. The minimum atomic E-state index is -1.01. The maximum Gasteiger partial charge on any atom is 0.348 e. The number of imide groups is 1. The zero-order chi connectivity index (χ0) is 10.0. The van der Waals surface area contributed by atoms with E-state index in [2.05, 4.69) is 0 Å². The predicted octanol–water partition coefficient (Wildman–Crippen LogP) is -2.22. The first-order chi connectivity index (χ1) is 6.06. The highest BCUT2D eigenvalue weighted by Gasteiger charge is 2.36. The lowest BCUT2D eigenvalue weighted by atomic mass is 10.6. The van der Waals surface area contributed by atoms with Gasteiger partial charge in [0.2, 0.25) is 0 Å². The molecule has 13 heavy (non-hydrogen) atoms. The van der Waals surface area contributed by atoms with Crippen molar-refractivity contribution in [1.82, 2.24) is 15.3 Å². The Hall–Kier alpha value is -1.83. The zero-order valence-corrected chi connectivity index (χ0v) is 6.56. The molecule has 0 spiro atoms. The van der Waals surface area contributed by atoms with E-state index in [9.17, 15) is 14.4 Å². The monoisotopic (exact) mass is 188 g/mol. The van der Waals surface area contributed by atoms with Gasteiger partial charge >= 0.3 is 12.1 Å². The van der Waals surface area contributed by atoms with Crippen LogP contribution in [0.15, 0.2) is 0 Å². The average Bonchev–Trinajstić information content (AvgIpc) is 2.31. The highest BCUT2D eigenvalue weighted by molar-refractivity contribution is 6.02. The molecule has 5 amide bonds. The molecule has 0 bridgehead atoms. The quantitative estimate of drug-likeness (QED) is 0.426. The maximum absolute atomic E-state index is 11.1. The van der Waals surface area contributed by atoms with Gasteiger partial charge < -0.3 is 10.8 Å². The van der Waals surface area contributed by atoms with Gasteiger partial charge in [-0.3, -0.25) is 9.69 Å². The van der Waals surface area contributed by atoms with E-state index in [1.165, 1.54) is 0 Å². The van der Waals surface area contributed by atoms with E-state index >= 15 is 0 Å². The molecular weight excluding hydrogens is 180 g/mol. The van der Waals surface area contributed by atoms with E-state index in [4.69, 9.17) is 10.8 Å². The van der Waals surface area contributed by atoms with Gasteiger partial charge in [-0.05, 0) is 0 Å². The molecule has 1 saturated heterocycles. The van der Waals surface area contributed by atoms with Crippen molar-refractivity contribution >= 4 is 18.0 Å². The first-order valence-electron chi connectivity index (χ1n) is 3.35. The van der Waals surface area contributed by atoms with Gasteiger partial charge in [0, 0.05) is 0 Å². The van der Waals surface area contributed by atoms with Gasteiger partial charge in [-0.25, -0.2) is 15.0 Å². The molecule has 0 radical (unpaired) electrons. The summed E-state index contributed by atoms with van der Waals surface area (Å²) in [6, 6.07) is -1.81. The van der Waals surface area contributed by atoms with Crippen molar-refractivity contribution < 1.29 is 19.5 Å². The summed E-state index contributed by atoms with van der Waals surface area (Å²) in [7, 11) is 0. The van der Waals surface area contributed by atoms with Crippen LogP contribution in [-0.2, 0) is 4.79 Å². The summed E-state index contributed by atoms with van der Waals surface area (Å²) in [5.41, 5.74) is 6.53. The largest absolute Gasteiger partial charge is 0.376 e. The number of rotatable bonds is 2. The molecule has 0 unspecified atom stereocenters. The Balaban J connectivity index is 2.70. The topological polar surface area (TPSA) is 116 Å². The Kier molecular flexibility index (Phi) is 2.33. The van der Waals surface area contributed by atoms with E-state index in [-0.39, 0.29) is 6.54 Å². The smallest absolute Gasteiger partial charge is 0.348 e. The molecule has 1 heterocycles. The molecule has 1 aliphatic heterocycles. The van der Waals surface area contributed by atoms with Gasteiger partial charge in [-0.1, -0.05) is 0 Å². The van der Waals surface area contributed by atoms with Crippen LogP contribution in [0.3, 0.4) is 0 Å². The van der Waals surface area contributed by atoms with Crippen LogP contribution >= 0.6 is 0 Å². The van der Waals surface area contributed by atoms with E-state index in [1.807, 2.05) is 5.43 Å². The standard InChI is InChI=1S/C5H8N4O4/c6-4(12)7-9-3(11)1-8(2-10)5(9)13/h10H,1-2H2,(H3,6,7,12). The predicted molar refractivity (Wildman–Crippen MR) is 38.8 cm³/mol. The third-order valence-electron chi connectivity index (χ3n) is 1.43. The van der Waals surface area contributed by atoms with Crippen LogP contribution in [0.5, 0.6) is 0 Å². The molecule has 72 valence electrons. The molecule has 0 aromatic heterocycles. The molecule has 1 rings (SSSR count). The Bertz CT molecular complexity index is 265. The van der Waals surface area contributed by atoms with E-state index < -0.39 is 24.7 Å². The number of primary amides is 1. The SMILES string of the molecule is NC(=O)NN1C(=O)CN(CO)C1=O. The Morgan fingerprint density at radius 1 is 1.62 bits per heavy atom. The third kappa shape index (κ3) is 1.67. The molecule has 0 aromatic rings. The van der Waals surface area contributed by atoms with Crippen molar-refractivity contribution in [1.29, 1.82) is 0 Å². The van der Waals surface area contributed by atoms with Crippen molar-refractivity contribution in [3.63, 3.8) is 0 Å². The second-order valence-electron chi connectivity index (χ2n) is 2.33. The Labute approximate surface area is 72.9 Å². The fourth-order valence-corrected chi connectivity index (χ4v) is 0.881. The lowest BCUT2D eigenvalue weighted by Crippen LogP contribution is -2.49. The molecule has 1 fully saturated rings. The van der Waals surface area contributed by atoms with Crippen LogP contribution in [0.2, 0.25) is 0 Å². The second kappa shape index (κ2) is 3.27. The molecular formula is C5H8N4O4. The van der Waals surface area contributed by atoms with Crippen LogP contribution in [0.25, 0.3) is 0 Å². The zero-order valence-electron chi connectivity index (χ0n) is 6.56. The number of hydrazine groups is 1. The number of hydrogen-bond acceptors (Lipinski definition) is 4. The minimum absolute atomic E-state index is 0.268. The van der Waals surface area contributed by atoms with Crippen molar-refractivity contribution in [2.75, 3.05) is 13.3 Å². The summed E-state index contributed by atoms with van der Waals surface area (Å²) in [6.07, 6.45) is 0. The van der Waals surface area contributed by atoms with Crippen molar-refractivity contribution in [2.45, 2.75) is 0 Å². The average molecular weight is 188 g/mol. The number of aliphatic hydroxyl groups is 1. The van der Waals surface area contributed by atoms with Crippen molar-refractivity contribution in [3.8, 4) is 0 Å². The summed E-state index contributed by atoms with van der Waals surface area (Å²) in [5, 5.41) is 9.05. The van der Waals surface area contributed by atoms with Gasteiger partial charge in [0.1, 0.15) is 13.3 Å². The van der Waals surface area contributed by atoms with E-state index in [0.717, 1.165) is 4.90 Å². The highest BCUT2D eigenvalue weighted by Crippen LogP contribution is 2.05. The normalized spacial score (nSPS) is 16.7. The van der Waals surface area contributed by atoms with Crippen molar-refractivity contribution in [3.05, 3.63) is 0 Å². The van der Waals surface area contributed by atoms with E-state index in [1.54, 1.807) is 0 Å². The van der Waals surface area contributed by atoms with Gasteiger partial charge in [0.25, 0.3) is 5.91 Å². The number of carbonyl (C=O) groups excluding carboxylic acids is 3. The van der Waals surface area contributed by atoms with Gasteiger partial charge in [0.15, 0.2) is 0 Å². The minimum Gasteiger partial charge on any atom is -0.376 e. The highest BCUT2D eigenvalue weighted by atomic mass is 16.3. The van der Waals surface area contributed by atoms with Gasteiger partial charge in [-0.2, -0.15) is 5.01 Å². The first-order valence-corrected chi connectivity index (χ1v) is 3.35. The maximum atomic E-state index is 11.1. The van der Waals surface area contributed by atoms with Crippen LogP contribution in [0.1, 0.15) is 0 Å². The molecule has 1 aliphatic rings. The molecule has 0 aliphatic carbocycles. The van der Waals surface area contributed by atoms with E-state index in [0.29, 0.717) is 5.01 Å².